The summed E-state index contributed by atoms with van der Waals surface area (Å²) in [7, 11) is 2.04. The first-order valence-corrected chi connectivity index (χ1v) is 7.06. The van der Waals surface area contributed by atoms with Gasteiger partial charge in [-0.3, -0.25) is 0 Å². The summed E-state index contributed by atoms with van der Waals surface area (Å²) in [6.07, 6.45) is 1.17. The van der Waals surface area contributed by atoms with E-state index in [1.807, 2.05) is 7.05 Å². The Hall–Kier alpha value is -0.340. The van der Waals surface area contributed by atoms with Gasteiger partial charge in [-0.15, -0.1) is 0 Å². The lowest BCUT2D eigenvalue weighted by atomic mass is 9.77. The SMILES string of the molecule is CNC(CC(C)C(C)(C)C)c1ccc(Br)cc1. The van der Waals surface area contributed by atoms with Crippen LogP contribution in [0.3, 0.4) is 0 Å². The number of hydrogen-bond donors (Lipinski definition) is 1. The van der Waals surface area contributed by atoms with E-state index in [9.17, 15) is 0 Å². The average Bonchev–Trinajstić information content (AvgIpc) is 2.25. The molecule has 1 aromatic carbocycles. The lowest BCUT2D eigenvalue weighted by Gasteiger charge is -2.31. The van der Waals surface area contributed by atoms with Gasteiger partial charge in [0.15, 0.2) is 0 Å². The van der Waals surface area contributed by atoms with Crippen LogP contribution in [0.25, 0.3) is 0 Å². The Morgan fingerprint density at radius 2 is 1.71 bits per heavy atom. The standard InChI is InChI=1S/C15H24BrN/c1-11(15(2,3)4)10-14(17-5)12-6-8-13(16)9-7-12/h6-9,11,14,17H,10H2,1-5H3. The van der Waals surface area contributed by atoms with Gasteiger partial charge in [-0.1, -0.05) is 55.8 Å². The van der Waals surface area contributed by atoms with E-state index in [1.165, 1.54) is 12.0 Å². The second kappa shape index (κ2) is 6.01. The summed E-state index contributed by atoms with van der Waals surface area (Å²) in [6, 6.07) is 9.06. The third-order valence-electron chi connectivity index (χ3n) is 3.69. The molecule has 0 heterocycles. The Bertz CT molecular complexity index is 337. The summed E-state index contributed by atoms with van der Waals surface area (Å²) in [5.74, 6) is 0.684. The molecule has 0 saturated heterocycles. The number of hydrogen-bond acceptors (Lipinski definition) is 1. The highest BCUT2D eigenvalue weighted by Crippen LogP contribution is 2.33. The molecule has 0 aliphatic rings. The van der Waals surface area contributed by atoms with Crippen LogP contribution < -0.4 is 5.32 Å². The van der Waals surface area contributed by atoms with Crippen molar-refractivity contribution in [3.05, 3.63) is 34.3 Å². The average molecular weight is 298 g/mol. The first-order valence-electron chi connectivity index (χ1n) is 6.27. The van der Waals surface area contributed by atoms with Crippen LogP contribution in [0.1, 0.15) is 45.7 Å². The summed E-state index contributed by atoms with van der Waals surface area (Å²) in [4.78, 5) is 0. The summed E-state index contributed by atoms with van der Waals surface area (Å²) < 4.78 is 1.14. The van der Waals surface area contributed by atoms with Gasteiger partial charge in [-0.25, -0.2) is 0 Å². The summed E-state index contributed by atoms with van der Waals surface area (Å²) >= 11 is 3.48. The van der Waals surface area contributed by atoms with Crippen molar-refractivity contribution >= 4 is 15.9 Å². The minimum absolute atomic E-state index is 0.366. The number of nitrogens with one attached hydrogen (secondary N) is 1. The zero-order chi connectivity index (χ0) is 13.1. The molecule has 0 amide bonds. The predicted molar refractivity (Wildman–Crippen MR) is 79.2 cm³/mol. The molecule has 2 atom stereocenters. The van der Waals surface area contributed by atoms with Gasteiger partial charge in [-0.05, 0) is 42.5 Å². The molecule has 1 aromatic rings. The minimum atomic E-state index is 0.366. The molecule has 1 N–H and O–H groups in total. The zero-order valence-electron chi connectivity index (χ0n) is 11.5. The summed E-state index contributed by atoms with van der Waals surface area (Å²) in [5.41, 5.74) is 1.73. The fraction of sp³-hybridized carbons (Fsp3) is 0.600. The van der Waals surface area contributed by atoms with Crippen LogP contribution >= 0.6 is 15.9 Å². The molecule has 1 nitrogen and oxygen atoms in total. The summed E-state index contributed by atoms with van der Waals surface area (Å²) in [5, 5.41) is 3.43. The van der Waals surface area contributed by atoms with E-state index in [-0.39, 0.29) is 0 Å². The van der Waals surface area contributed by atoms with Crippen LogP contribution in [0.5, 0.6) is 0 Å². The van der Waals surface area contributed by atoms with Crippen molar-refractivity contribution in [1.82, 2.24) is 5.32 Å². The first-order chi connectivity index (χ1) is 7.84. The van der Waals surface area contributed by atoms with Gasteiger partial charge in [0, 0.05) is 10.5 Å². The highest BCUT2D eigenvalue weighted by molar-refractivity contribution is 9.10. The maximum absolute atomic E-state index is 3.48. The molecule has 0 aliphatic heterocycles. The van der Waals surface area contributed by atoms with E-state index in [1.54, 1.807) is 0 Å². The third kappa shape index (κ3) is 4.44. The molecule has 0 spiro atoms. The molecule has 0 fully saturated rings. The van der Waals surface area contributed by atoms with Gasteiger partial charge in [0.1, 0.15) is 0 Å². The maximum atomic E-state index is 3.48. The molecule has 1 rings (SSSR count). The monoisotopic (exact) mass is 297 g/mol. The smallest absolute Gasteiger partial charge is 0.0320 e. The van der Waals surface area contributed by atoms with Crippen LogP contribution in [0.4, 0.5) is 0 Å². The van der Waals surface area contributed by atoms with Gasteiger partial charge in [0.2, 0.25) is 0 Å². The Labute approximate surface area is 114 Å². The lowest BCUT2D eigenvalue weighted by Crippen LogP contribution is -2.25. The Balaban J connectivity index is 2.75. The number of halogens is 1. The Morgan fingerprint density at radius 3 is 2.12 bits per heavy atom. The van der Waals surface area contributed by atoms with E-state index in [0.717, 1.165) is 4.47 Å². The van der Waals surface area contributed by atoms with Crippen molar-refractivity contribution in [1.29, 1.82) is 0 Å². The maximum Gasteiger partial charge on any atom is 0.0320 e. The molecule has 2 heteroatoms. The Morgan fingerprint density at radius 1 is 1.18 bits per heavy atom. The van der Waals surface area contributed by atoms with Crippen LogP contribution in [-0.4, -0.2) is 7.05 Å². The highest BCUT2D eigenvalue weighted by atomic mass is 79.9. The predicted octanol–water partition coefficient (Wildman–Crippen LogP) is 4.78. The van der Waals surface area contributed by atoms with Crippen LogP contribution in [0.2, 0.25) is 0 Å². The van der Waals surface area contributed by atoms with Gasteiger partial charge >= 0.3 is 0 Å². The molecular weight excluding hydrogens is 274 g/mol. The third-order valence-corrected chi connectivity index (χ3v) is 4.22. The lowest BCUT2D eigenvalue weighted by molar-refractivity contribution is 0.226. The summed E-state index contributed by atoms with van der Waals surface area (Å²) in [6.45, 7) is 9.27. The molecule has 96 valence electrons. The molecule has 0 radical (unpaired) electrons. The van der Waals surface area contributed by atoms with Crippen molar-refractivity contribution in [2.45, 2.75) is 40.2 Å². The van der Waals surface area contributed by atoms with Crippen molar-refractivity contribution in [3.8, 4) is 0 Å². The van der Waals surface area contributed by atoms with Crippen LogP contribution in [0, 0.1) is 11.3 Å². The molecule has 17 heavy (non-hydrogen) atoms. The number of benzene rings is 1. The van der Waals surface area contributed by atoms with Gasteiger partial charge < -0.3 is 5.32 Å². The molecule has 0 aromatic heterocycles. The van der Waals surface area contributed by atoms with Crippen molar-refractivity contribution in [3.63, 3.8) is 0 Å². The van der Waals surface area contributed by atoms with E-state index in [0.29, 0.717) is 17.4 Å². The second-order valence-electron chi connectivity index (χ2n) is 5.90. The molecule has 0 saturated carbocycles. The van der Waals surface area contributed by atoms with E-state index in [2.05, 4.69) is 73.2 Å². The highest BCUT2D eigenvalue weighted by Gasteiger charge is 2.23. The molecule has 0 bridgehead atoms. The Kier molecular flexibility index (Phi) is 5.21. The van der Waals surface area contributed by atoms with Crippen LogP contribution in [-0.2, 0) is 0 Å². The molecule has 0 aliphatic carbocycles. The van der Waals surface area contributed by atoms with Crippen LogP contribution in [0.15, 0.2) is 28.7 Å². The minimum Gasteiger partial charge on any atom is -0.313 e. The fourth-order valence-corrected chi connectivity index (χ4v) is 2.09. The number of rotatable bonds is 4. The van der Waals surface area contributed by atoms with E-state index < -0.39 is 0 Å². The van der Waals surface area contributed by atoms with Gasteiger partial charge in [-0.2, -0.15) is 0 Å². The second-order valence-corrected chi connectivity index (χ2v) is 6.81. The molecular formula is C15H24BrN. The van der Waals surface area contributed by atoms with E-state index >= 15 is 0 Å². The molecule has 2 unspecified atom stereocenters. The fourth-order valence-electron chi connectivity index (χ4n) is 1.82. The van der Waals surface area contributed by atoms with Crippen molar-refractivity contribution in [2.24, 2.45) is 11.3 Å². The van der Waals surface area contributed by atoms with Gasteiger partial charge in [0.25, 0.3) is 0 Å². The van der Waals surface area contributed by atoms with Crippen molar-refractivity contribution < 1.29 is 0 Å². The van der Waals surface area contributed by atoms with Gasteiger partial charge in [0.05, 0.1) is 0 Å². The first kappa shape index (κ1) is 14.7. The zero-order valence-corrected chi connectivity index (χ0v) is 13.1. The van der Waals surface area contributed by atoms with Crippen molar-refractivity contribution in [2.75, 3.05) is 7.05 Å². The van der Waals surface area contributed by atoms with E-state index in [4.69, 9.17) is 0 Å². The quantitative estimate of drug-likeness (QED) is 0.843. The largest absolute Gasteiger partial charge is 0.313 e. The topological polar surface area (TPSA) is 12.0 Å². The normalized spacial score (nSPS) is 15.6.